The summed E-state index contributed by atoms with van der Waals surface area (Å²) in [5.41, 5.74) is -0.776. The topological polar surface area (TPSA) is 3.24 Å². The maximum absolute atomic E-state index is 13.8. The maximum Gasteiger partial charge on any atom is 0.108 e. The van der Waals surface area contributed by atoms with Crippen molar-refractivity contribution in [1.82, 2.24) is 4.90 Å². The molecule has 3 atom stereocenters. The van der Waals surface area contributed by atoms with Gasteiger partial charge in [0.15, 0.2) is 0 Å². The van der Waals surface area contributed by atoms with Crippen LogP contribution in [0.5, 0.6) is 0 Å². The molecular formula is C15H26FN. The van der Waals surface area contributed by atoms with Crippen LogP contribution in [0.3, 0.4) is 0 Å². The summed E-state index contributed by atoms with van der Waals surface area (Å²) >= 11 is 0. The number of halogens is 1. The van der Waals surface area contributed by atoms with E-state index in [9.17, 15) is 4.39 Å². The zero-order valence-corrected chi connectivity index (χ0v) is 11.5. The van der Waals surface area contributed by atoms with Crippen molar-refractivity contribution in [1.29, 1.82) is 0 Å². The first kappa shape index (κ1) is 9.77. The molecule has 0 amide bonds. The van der Waals surface area contributed by atoms with Crippen molar-refractivity contribution in [3.63, 3.8) is 0 Å². The van der Waals surface area contributed by atoms with Crippen LogP contribution in [0.2, 0.25) is 0 Å². The normalized spacial score (nSPS) is 50.6. The Hall–Kier alpha value is -0.110. The second-order valence-electron chi connectivity index (χ2n) is 7.43. The Kier molecular flexibility index (Phi) is 1.87. The minimum atomic E-state index is -1.27. The van der Waals surface area contributed by atoms with E-state index in [-0.39, 0.29) is 16.7 Å². The third kappa shape index (κ3) is 1.46. The molecule has 17 heavy (non-hydrogen) atoms. The van der Waals surface area contributed by atoms with E-state index in [2.05, 4.69) is 18.7 Å². The number of hydrogen-bond donors (Lipinski definition) is 0. The minimum absolute atomic E-state index is 0.0423. The summed E-state index contributed by atoms with van der Waals surface area (Å²) in [6, 6.07) is 0. The molecule has 98 valence electrons. The molecule has 1 spiro atoms. The molecule has 0 radical (unpaired) electrons. The minimum Gasteiger partial charge on any atom is -0.296 e. The van der Waals surface area contributed by atoms with Gasteiger partial charge in [0.25, 0.3) is 0 Å². The highest BCUT2D eigenvalue weighted by Gasteiger charge is 2.70. The summed E-state index contributed by atoms with van der Waals surface area (Å²) in [7, 11) is 0. The van der Waals surface area contributed by atoms with Gasteiger partial charge in [0.2, 0.25) is 0 Å². The van der Waals surface area contributed by atoms with Crippen molar-refractivity contribution in [2.45, 2.75) is 65.0 Å². The van der Waals surface area contributed by atoms with E-state index in [1.165, 1.54) is 0 Å². The van der Waals surface area contributed by atoms with E-state index in [1.807, 2.05) is 13.8 Å². The first-order valence-corrected chi connectivity index (χ1v) is 6.98. The summed E-state index contributed by atoms with van der Waals surface area (Å²) in [6.07, 6.45) is 0.411. The van der Waals surface area contributed by atoms with Crippen LogP contribution in [-0.4, -0.2) is 29.7 Å². The predicted octanol–water partition coefficient (Wildman–Crippen LogP) is 3.64. The number of hydrogen-bond acceptors (Lipinski definition) is 1. The molecule has 2 heterocycles. The molecule has 2 heteroatoms. The van der Waals surface area contributed by atoms with Gasteiger partial charge in [-0.15, -0.1) is 0 Å². The number of rotatable bonds is 2. The van der Waals surface area contributed by atoms with Crippen LogP contribution in [0.15, 0.2) is 0 Å². The molecule has 1 nitrogen and oxygen atoms in total. The van der Waals surface area contributed by atoms with Gasteiger partial charge in [0.05, 0.1) is 0 Å². The Balaban J connectivity index is 2.07. The van der Waals surface area contributed by atoms with Crippen LogP contribution >= 0.6 is 0 Å². The quantitative estimate of drug-likeness (QED) is 0.713. The van der Waals surface area contributed by atoms with Crippen LogP contribution in [0, 0.1) is 16.7 Å². The average molecular weight is 241 g/mol. The second-order valence-corrected chi connectivity index (χ2v) is 7.43. The third-order valence-electron chi connectivity index (χ3n) is 5.40. The van der Waals surface area contributed by atoms with Gasteiger partial charge in [0, 0.05) is 20.2 Å². The van der Waals surface area contributed by atoms with E-state index in [4.69, 9.17) is 2.74 Å². The van der Waals surface area contributed by atoms with Crippen molar-refractivity contribution >= 4 is 0 Å². The molecule has 3 aliphatic rings. The molecule has 1 saturated carbocycles. The fraction of sp³-hybridized carbons (Fsp3) is 1.00. The lowest BCUT2D eigenvalue weighted by atomic mass is 9.66. The molecule has 0 N–H and O–H groups in total. The van der Waals surface area contributed by atoms with Crippen molar-refractivity contribution < 1.29 is 7.13 Å². The van der Waals surface area contributed by atoms with E-state index in [1.54, 1.807) is 0 Å². The van der Waals surface area contributed by atoms with Crippen molar-refractivity contribution in [3.8, 4) is 0 Å². The highest BCUT2D eigenvalue weighted by Crippen LogP contribution is 2.67. The Bertz CT molecular complexity index is 409. The molecule has 3 rings (SSSR count). The van der Waals surface area contributed by atoms with Gasteiger partial charge in [0.1, 0.15) is 6.17 Å². The molecule has 1 aliphatic carbocycles. The molecule has 2 aliphatic heterocycles. The van der Waals surface area contributed by atoms with E-state index >= 15 is 0 Å². The second kappa shape index (κ2) is 3.26. The van der Waals surface area contributed by atoms with Gasteiger partial charge in [-0.1, -0.05) is 27.7 Å². The van der Waals surface area contributed by atoms with Crippen LogP contribution in [0.25, 0.3) is 0 Å². The Morgan fingerprint density at radius 1 is 1.47 bits per heavy atom. The van der Waals surface area contributed by atoms with Gasteiger partial charge in [-0.25, -0.2) is 4.39 Å². The van der Waals surface area contributed by atoms with Gasteiger partial charge < -0.3 is 0 Å². The van der Waals surface area contributed by atoms with Crippen LogP contribution in [0.1, 0.15) is 56.1 Å². The zero-order valence-electron chi connectivity index (χ0n) is 13.5. The fourth-order valence-corrected chi connectivity index (χ4v) is 4.21. The van der Waals surface area contributed by atoms with Gasteiger partial charge >= 0.3 is 0 Å². The standard InChI is InChI=1S/C15H26FN/c1-11(2)7-15-9-14(8-12(14)16)10-17(15)6-5-13(15,3)4/h11-12H,5-10H2,1-4H3/t12-,14+,15+/m0/s1/i7D2. The number of fused-ring (bicyclic) bond motifs is 1. The van der Waals surface area contributed by atoms with E-state index < -0.39 is 18.1 Å². The summed E-state index contributed by atoms with van der Waals surface area (Å²) in [5.74, 6) is -0.0423. The molecular weight excluding hydrogens is 213 g/mol. The van der Waals surface area contributed by atoms with Crippen molar-refractivity contribution in [2.75, 3.05) is 13.1 Å². The SMILES string of the molecule is [2H]C([2H])(C(C)C)[C@]12C[C@]3(C[C@@H]3F)CN1CCC2(C)C. The highest BCUT2D eigenvalue weighted by molar-refractivity contribution is 5.22. The lowest BCUT2D eigenvalue weighted by Gasteiger charge is -2.44. The first-order chi connectivity index (χ1) is 8.59. The third-order valence-corrected chi connectivity index (χ3v) is 5.40. The fourth-order valence-electron chi connectivity index (χ4n) is 4.21. The summed E-state index contributed by atoms with van der Waals surface area (Å²) in [5, 5.41) is 0. The number of nitrogens with zero attached hydrogens (tertiary/aromatic N) is 1. The molecule has 0 unspecified atom stereocenters. The van der Waals surface area contributed by atoms with Gasteiger partial charge in [-0.05, 0) is 43.5 Å². The Morgan fingerprint density at radius 3 is 2.65 bits per heavy atom. The molecule has 3 fully saturated rings. The van der Waals surface area contributed by atoms with E-state index in [0.717, 1.165) is 19.5 Å². The molecule has 0 bridgehead atoms. The van der Waals surface area contributed by atoms with Crippen molar-refractivity contribution in [3.05, 3.63) is 0 Å². The molecule has 0 aromatic heterocycles. The molecule has 0 aromatic rings. The highest BCUT2D eigenvalue weighted by atomic mass is 19.1. The van der Waals surface area contributed by atoms with E-state index in [0.29, 0.717) is 12.8 Å². The van der Waals surface area contributed by atoms with Crippen molar-refractivity contribution in [2.24, 2.45) is 16.7 Å². The Morgan fingerprint density at radius 2 is 2.12 bits per heavy atom. The lowest BCUT2D eigenvalue weighted by molar-refractivity contribution is 0.0691. The molecule has 2 saturated heterocycles. The summed E-state index contributed by atoms with van der Waals surface area (Å²) < 4.78 is 31.3. The predicted molar refractivity (Wildman–Crippen MR) is 68.7 cm³/mol. The lowest BCUT2D eigenvalue weighted by Crippen LogP contribution is -2.48. The van der Waals surface area contributed by atoms with Crippen LogP contribution < -0.4 is 0 Å². The summed E-state index contributed by atoms with van der Waals surface area (Å²) in [6.45, 7) is 9.99. The maximum atomic E-state index is 13.8. The summed E-state index contributed by atoms with van der Waals surface area (Å²) in [4.78, 5) is 2.30. The van der Waals surface area contributed by atoms with Crippen LogP contribution in [0.4, 0.5) is 4.39 Å². The molecule has 0 aromatic carbocycles. The number of alkyl halides is 1. The first-order valence-electron chi connectivity index (χ1n) is 7.98. The van der Waals surface area contributed by atoms with Crippen LogP contribution in [-0.2, 0) is 0 Å². The smallest absolute Gasteiger partial charge is 0.108 e. The average Bonchev–Trinajstić information content (AvgIpc) is 2.66. The zero-order chi connectivity index (χ0) is 14.3. The largest absolute Gasteiger partial charge is 0.296 e. The monoisotopic (exact) mass is 241 g/mol. The van der Waals surface area contributed by atoms with Gasteiger partial charge in [-0.3, -0.25) is 4.90 Å². The van der Waals surface area contributed by atoms with Gasteiger partial charge in [-0.2, -0.15) is 0 Å². The Labute approximate surface area is 108 Å².